The number of amides is 1. The number of benzene rings is 3. The van der Waals surface area contributed by atoms with Crippen molar-refractivity contribution in [3.8, 4) is 0 Å². The predicted octanol–water partition coefficient (Wildman–Crippen LogP) is 4.89. The summed E-state index contributed by atoms with van der Waals surface area (Å²) in [6, 6.07) is 23.2. The Kier molecular flexibility index (Phi) is 8.61. The zero-order chi connectivity index (χ0) is 23.0. The van der Waals surface area contributed by atoms with E-state index in [-0.39, 0.29) is 28.1 Å². The highest BCUT2D eigenvalue weighted by molar-refractivity contribution is 7.98. The van der Waals surface area contributed by atoms with Crippen molar-refractivity contribution in [1.82, 2.24) is 5.32 Å². The molecule has 1 N–H and O–H groups in total. The number of rotatable bonds is 10. The second-order valence-electron chi connectivity index (χ2n) is 7.16. The third-order valence-corrected chi connectivity index (χ3v) is 7.82. The summed E-state index contributed by atoms with van der Waals surface area (Å²) in [6.07, 6.45) is 0. The van der Waals surface area contributed by atoms with Crippen LogP contribution in [0.1, 0.15) is 11.1 Å². The Morgan fingerprint density at radius 2 is 1.62 bits per heavy atom. The van der Waals surface area contributed by atoms with Gasteiger partial charge in [0.25, 0.3) is 10.0 Å². The monoisotopic (exact) mass is 488 g/mol. The molecule has 0 spiro atoms. The zero-order valence-electron chi connectivity index (χ0n) is 17.7. The number of nitrogens with one attached hydrogen (secondary N) is 1. The average molecular weight is 489 g/mol. The molecule has 0 fully saturated rings. The molecule has 3 aromatic rings. The molecular formula is C24H25ClN2O3S2. The number of nitrogens with zero attached hydrogens (tertiary/aromatic N) is 1. The molecule has 32 heavy (non-hydrogen) atoms. The van der Waals surface area contributed by atoms with Crippen molar-refractivity contribution in [3.63, 3.8) is 0 Å². The summed E-state index contributed by atoms with van der Waals surface area (Å²) >= 11 is 7.99. The van der Waals surface area contributed by atoms with E-state index in [9.17, 15) is 13.2 Å². The van der Waals surface area contributed by atoms with Gasteiger partial charge in [0.2, 0.25) is 5.91 Å². The first-order chi connectivity index (χ1) is 15.4. The highest BCUT2D eigenvalue weighted by Gasteiger charge is 2.28. The Balaban J connectivity index is 1.67. The third kappa shape index (κ3) is 6.51. The average Bonchev–Trinajstić information content (AvgIpc) is 2.79. The lowest BCUT2D eigenvalue weighted by atomic mass is 10.2. The van der Waals surface area contributed by atoms with E-state index in [0.29, 0.717) is 6.54 Å². The number of carbonyl (C=O) groups excluding carboxylic acids is 1. The van der Waals surface area contributed by atoms with Gasteiger partial charge in [-0.05, 0) is 36.8 Å². The Labute approximate surface area is 198 Å². The molecule has 0 aliphatic carbocycles. The van der Waals surface area contributed by atoms with Crippen LogP contribution in [0.2, 0.25) is 5.02 Å². The first-order valence-corrected chi connectivity index (χ1v) is 13.1. The van der Waals surface area contributed by atoms with Crippen LogP contribution in [0.3, 0.4) is 0 Å². The summed E-state index contributed by atoms with van der Waals surface area (Å²) in [4.78, 5) is 12.7. The van der Waals surface area contributed by atoms with Crippen molar-refractivity contribution in [1.29, 1.82) is 0 Å². The van der Waals surface area contributed by atoms with E-state index in [1.165, 1.54) is 17.7 Å². The first kappa shape index (κ1) is 24.2. The van der Waals surface area contributed by atoms with E-state index in [0.717, 1.165) is 21.4 Å². The topological polar surface area (TPSA) is 66.5 Å². The number of anilines is 1. The number of sulfonamides is 1. The SMILES string of the molecule is Cc1ccc(S(=O)(=O)N(CC(=O)NCCSCc2ccccc2)c2ccccc2Cl)cc1. The third-order valence-electron chi connectivity index (χ3n) is 4.70. The largest absolute Gasteiger partial charge is 0.354 e. The fraction of sp³-hybridized carbons (Fsp3) is 0.208. The van der Waals surface area contributed by atoms with Crippen molar-refractivity contribution < 1.29 is 13.2 Å². The molecule has 0 saturated carbocycles. The Hall–Kier alpha value is -2.48. The molecule has 0 unspecified atom stereocenters. The molecule has 0 atom stereocenters. The van der Waals surface area contributed by atoms with Gasteiger partial charge in [-0.3, -0.25) is 9.10 Å². The van der Waals surface area contributed by atoms with E-state index in [2.05, 4.69) is 17.4 Å². The van der Waals surface area contributed by atoms with Gasteiger partial charge in [-0.2, -0.15) is 11.8 Å². The fourth-order valence-electron chi connectivity index (χ4n) is 3.00. The van der Waals surface area contributed by atoms with Gasteiger partial charge in [-0.15, -0.1) is 0 Å². The second kappa shape index (κ2) is 11.4. The van der Waals surface area contributed by atoms with Crippen LogP contribution in [0.15, 0.2) is 83.8 Å². The lowest BCUT2D eigenvalue weighted by molar-refractivity contribution is -0.119. The molecule has 0 aliphatic rings. The number of halogens is 1. The van der Waals surface area contributed by atoms with Crippen LogP contribution in [0.5, 0.6) is 0 Å². The molecule has 0 bridgehead atoms. The smallest absolute Gasteiger partial charge is 0.264 e. The minimum absolute atomic E-state index is 0.106. The summed E-state index contributed by atoms with van der Waals surface area (Å²) in [5, 5.41) is 3.07. The lowest BCUT2D eigenvalue weighted by Gasteiger charge is -2.25. The number of para-hydroxylation sites is 1. The van der Waals surface area contributed by atoms with Gasteiger partial charge < -0.3 is 5.32 Å². The molecule has 0 radical (unpaired) electrons. The second-order valence-corrected chi connectivity index (χ2v) is 10.5. The molecule has 0 heterocycles. The maximum Gasteiger partial charge on any atom is 0.264 e. The maximum atomic E-state index is 13.3. The van der Waals surface area contributed by atoms with E-state index in [4.69, 9.17) is 11.6 Å². The standard InChI is InChI=1S/C24H25ClN2O3S2/c1-19-11-13-21(14-12-19)32(29,30)27(23-10-6-5-9-22(23)25)17-24(28)26-15-16-31-18-20-7-3-2-4-8-20/h2-14H,15-18H2,1H3,(H,26,28). The summed E-state index contributed by atoms with van der Waals surface area (Å²) in [7, 11) is -3.98. The zero-order valence-corrected chi connectivity index (χ0v) is 20.1. The summed E-state index contributed by atoms with van der Waals surface area (Å²) in [5.74, 6) is 1.18. The molecule has 168 valence electrons. The molecular weight excluding hydrogens is 464 g/mol. The number of carbonyl (C=O) groups is 1. The molecule has 8 heteroatoms. The molecule has 3 rings (SSSR count). The van der Waals surface area contributed by atoms with Gasteiger partial charge in [0.15, 0.2) is 0 Å². The van der Waals surface area contributed by atoms with Crippen molar-refractivity contribution in [2.45, 2.75) is 17.6 Å². The van der Waals surface area contributed by atoms with Crippen molar-refractivity contribution >= 4 is 45.0 Å². The van der Waals surface area contributed by atoms with Gasteiger partial charge in [0.05, 0.1) is 15.6 Å². The Bertz CT molecular complexity index is 1140. The van der Waals surface area contributed by atoms with Gasteiger partial charge >= 0.3 is 0 Å². The molecule has 0 aliphatic heterocycles. The van der Waals surface area contributed by atoms with Crippen LogP contribution in [-0.4, -0.2) is 33.2 Å². The molecule has 5 nitrogen and oxygen atoms in total. The van der Waals surface area contributed by atoms with E-state index in [1.807, 2.05) is 25.1 Å². The minimum atomic E-state index is -3.98. The maximum absolute atomic E-state index is 13.3. The molecule has 1 amide bonds. The van der Waals surface area contributed by atoms with E-state index in [1.54, 1.807) is 48.2 Å². The highest BCUT2D eigenvalue weighted by Crippen LogP contribution is 2.30. The van der Waals surface area contributed by atoms with E-state index < -0.39 is 10.0 Å². The molecule has 0 saturated heterocycles. The quantitative estimate of drug-likeness (QED) is 0.412. The van der Waals surface area contributed by atoms with Crippen LogP contribution in [0.25, 0.3) is 0 Å². The Morgan fingerprint density at radius 3 is 2.31 bits per heavy atom. The van der Waals surface area contributed by atoms with Crippen LogP contribution in [0, 0.1) is 6.92 Å². The van der Waals surface area contributed by atoms with Crippen LogP contribution in [0.4, 0.5) is 5.69 Å². The Morgan fingerprint density at radius 1 is 0.969 bits per heavy atom. The van der Waals surface area contributed by atoms with Gasteiger partial charge in [-0.25, -0.2) is 8.42 Å². The van der Waals surface area contributed by atoms with Gasteiger partial charge in [-0.1, -0.05) is 71.8 Å². The highest BCUT2D eigenvalue weighted by atomic mass is 35.5. The summed E-state index contributed by atoms with van der Waals surface area (Å²) < 4.78 is 27.8. The number of hydrogen-bond acceptors (Lipinski definition) is 4. The first-order valence-electron chi connectivity index (χ1n) is 10.1. The van der Waals surface area contributed by atoms with Crippen molar-refractivity contribution in [2.24, 2.45) is 0 Å². The van der Waals surface area contributed by atoms with Crippen LogP contribution >= 0.6 is 23.4 Å². The van der Waals surface area contributed by atoms with Crippen LogP contribution in [-0.2, 0) is 20.6 Å². The van der Waals surface area contributed by atoms with Crippen LogP contribution < -0.4 is 9.62 Å². The lowest BCUT2D eigenvalue weighted by Crippen LogP contribution is -2.41. The fourth-order valence-corrected chi connectivity index (χ4v) is 5.55. The van der Waals surface area contributed by atoms with Gasteiger partial charge in [0, 0.05) is 18.1 Å². The molecule has 3 aromatic carbocycles. The normalized spacial score (nSPS) is 11.2. The van der Waals surface area contributed by atoms with Crippen molar-refractivity contribution in [3.05, 3.63) is 95.0 Å². The number of hydrogen-bond donors (Lipinski definition) is 1. The van der Waals surface area contributed by atoms with Gasteiger partial charge in [0.1, 0.15) is 6.54 Å². The van der Waals surface area contributed by atoms with Crippen molar-refractivity contribution in [2.75, 3.05) is 23.1 Å². The number of thioether (sulfide) groups is 1. The number of aryl methyl sites for hydroxylation is 1. The van der Waals surface area contributed by atoms with E-state index >= 15 is 0 Å². The predicted molar refractivity (Wildman–Crippen MR) is 133 cm³/mol. The summed E-state index contributed by atoms with van der Waals surface area (Å²) in [6.45, 7) is 1.96. The summed E-state index contributed by atoms with van der Waals surface area (Å²) in [5.41, 5.74) is 2.43. The molecule has 0 aromatic heterocycles. The minimum Gasteiger partial charge on any atom is -0.354 e.